The smallest absolute Gasteiger partial charge is 0.228 e. The van der Waals surface area contributed by atoms with Gasteiger partial charge in [-0.15, -0.1) is 0 Å². The van der Waals surface area contributed by atoms with Crippen LogP contribution in [-0.2, 0) is 9.84 Å². The molecule has 1 aromatic heterocycles. The molecule has 0 saturated carbocycles. The standard InChI is InChI=1S/C19H18ClNO3S2/c1-3-13(2)25-19-18(21-17(24-19)14-7-5-4-6-8-14)26(22,23)16-11-9-15(20)10-12-16/h4-13H,3H2,1-2H3. The third-order valence-electron chi connectivity index (χ3n) is 3.85. The van der Waals surface area contributed by atoms with Crippen molar-refractivity contribution in [3.8, 4) is 11.5 Å². The Kier molecular flexibility index (Phi) is 5.75. The molecule has 1 heterocycles. The van der Waals surface area contributed by atoms with E-state index in [4.69, 9.17) is 16.0 Å². The van der Waals surface area contributed by atoms with E-state index in [0.29, 0.717) is 16.0 Å². The molecule has 0 N–H and O–H groups in total. The Hall–Kier alpha value is -1.76. The zero-order valence-corrected chi connectivity index (χ0v) is 16.7. The van der Waals surface area contributed by atoms with Crippen molar-refractivity contribution < 1.29 is 12.8 Å². The molecule has 7 heteroatoms. The topological polar surface area (TPSA) is 60.2 Å². The quantitative estimate of drug-likeness (QED) is 0.489. The molecule has 0 spiro atoms. The average molecular weight is 408 g/mol. The Labute approximate surface area is 162 Å². The van der Waals surface area contributed by atoms with Crippen LogP contribution in [0.2, 0.25) is 5.02 Å². The van der Waals surface area contributed by atoms with Crippen LogP contribution in [0, 0.1) is 0 Å². The summed E-state index contributed by atoms with van der Waals surface area (Å²) >= 11 is 7.25. The van der Waals surface area contributed by atoms with E-state index in [1.807, 2.05) is 44.2 Å². The monoisotopic (exact) mass is 407 g/mol. The second kappa shape index (κ2) is 7.86. The van der Waals surface area contributed by atoms with E-state index in [1.165, 1.54) is 23.9 Å². The first kappa shape index (κ1) is 19.0. The van der Waals surface area contributed by atoms with Crippen molar-refractivity contribution >= 4 is 33.2 Å². The summed E-state index contributed by atoms with van der Waals surface area (Å²) in [4.78, 5) is 4.47. The summed E-state index contributed by atoms with van der Waals surface area (Å²) in [5.41, 5.74) is 0.732. The van der Waals surface area contributed by atoms with E-state index in [9.17, 15) is 8.42 Å². The maximum atomic E-state index is 13.1. The average Bonchev–Trinajstić information content (AvgIpc) is 3.07. The number of thioether (sulfide) groups is 1. The molecule has 2 aromatic carbocycles. The number of benzene rings is 2. The first-order valence-corrected chi connectivity index (χ1v) is 10.9. The Bertz CT molecular complexity index is 983. The number of oxazole rings is 1. The van der Waals surface area contributed by atoms with Crippen LogP contribution in [-0.4, -0.2) is 18.7 Å². The van der Waals surface area contributed by atoms with Gasteiger partial charge in [-0.05, 0) is 42.8 Å². The molecule has 3 aromatic rings. The van der Waals surface area contributed by atoms with E-state index in [-0.39, 0.29) is 15.2 Å². The summed E-state index contributed by atoms with van der Waals surface area (Å²) in [6.07, 6.45) is 0.881. The molecule has 0 aliphatic carbocycles. The third kappa shape index (κ3) is 3.98. The summed E-state index contributed by atoms with van der Waals surface area (Å²) in [6.45, 7) is 4.06. The number of hydrogen-bond donors (Lipinski definition) is 0. The van der Waals surface area contributed by atoms with Gasteiger partial charge in [0.15, 0.2) is 0 Å². The number of rotatable bonds is 6. The molecule has 0 amide bonds. The summed E-state index contributed by atoms with van der Waals surface area (Å²) in [6, 6.07) is 15.3. The van der Waals surface area contributed by atoms with E-state index in [0.717, 1.165) is 12.0 Å². The maximum Gasteiger partial charge on any atom is 0.228 e. The van der Waals surface area contributed by atoms with Crippen LogP contribution in [0.25, 0.3) is 11.5 Å². The van der Waals surface area contributed by atoms with E-state index < -0.39 is 9.84 Å². The van der Waals surface area contributed by atoms with Crippen molar-refractivity contribution in [1.82, 2.24) is 4.98 Å². The molecule has 136 valence electrons. The fourth-order valence-electron chi connectivity index (χ4n) is 2.23. The molecule has 0 saturated heterocycles. The van der Waals surface area contributed by atoms with Crippen LogP contribution < -0.4 is 0 Å². The van der Waals surface area contributed by atoms with Gasteiger partial charge in [0.05, 0.1) is 4.90 Å². The summed E-state index contributed by atoms with van der Waals surface area (Å²) < 4.78 is 32.1. The summed E-state index contributed by atoms with van der Waals surface area (Å²) in [7, 11) is -3.81. The Morgan fingerprint density at radius 1 is 1.12 bits per heavy atom. The largest absolute Gasteiger partial charge is 0.428 e. The maximum absolute atomic E-state index is 13.1. The Balaban J connectivity index is 2.12. The molecule has 0 aliphatic heterocycles. The minimum Gasteiger partial charge on any atom is -0.428 e. The molecule has 0 bridgehead atoms. The molecule has 0 radical (unpaired) electrons. The minimum atomic E-state index is -3.81. The highest BCUT2D eigenvalue weighted by Crippen LogP contribution is 2.37. The van der Waals surface area contributed by atoms with Crippen LogP contribution in [0.5, 0.6) is 0 Å². The minimum absolute atomic E-state index is 0.0519. The van der Waals surface area contributed by atoms with Gasteiger partial charge in [0.2, 0.25) is 25.8 Å². The summed E-state index contributed by atoms with van der Waals surface area (Å²) in [5, 5.41) is 0.936. The van der Waals surface area contributed by atoms with E-state index in [2.05, 4.69) is 4.98 Å². The van der Waals surface area contributed by atoms with Gasteiger partial charge in [-0.25, -0.2) is 8.42 Å². The van der Waals surface area contributed by atoms with Crippen molar-refractivity contribution in [3.63, 3.8) is 0 Å². The number of halogens is 1. The van der Waals surface area contributed by atoms with Gasteiger partial charge in [-0.1, -0.05) is 55.4 Å². The molecule has 4 nitrogen and oxygen atoms in total. The van der Waals surface area contributed by atoms with Gasteiger partial charge in [0.25, 0.3) is 0 Å². The fraction of sp³-hybridized carbons (Fsp3) is 0.211. The number of sulfone groups is 1. The van der Waals surface area contributed by atoms with Crippen molar-refractivity contribution in [2.24, 2.45) is 0 Å². The highest BCUT2D eigenvalue weighted by atomic mass is 35.5. The predicted molar refractivity (Wildman–Crippen MR) is 104 cm³/mol. The SMILES string of the molecule is CCC(C)Sc1oc(-c2ccccc2)nc1S(=O)(=O)c1ccc(Cl)cc1. The normalized spacial score (nSPS) is 12.9. The third-order valence-corrected chi connectivity index (χ3v) is 7.14. The van der Waals surface area contributed by atoms with Gasteiger partial charge in [0.1, 0.15) is 0 Å². The summed E-state index contributed by atoms with van der Waals surface area (Å²) in [5.74, 6) is 0.295. The first-order chi connectivity index (χ1) is 12.4. The van der Waals surface area contributed by atoms with Crippen LogP contribution in [0.1, 0.15) is 20.3 Å². The number of hydrogen-bond acceptors (Lipinski definition) is 5. The second-order valence-electron chi connectivity index (χ2n) is 5.77. The van der Waals surface area contributed by atoms with Crippen molar-refractivity contribution in [2.45, 2.75) is 40.5 Å². The van der Waals surface area contributed by atoms with Crippen LogP contribution in [0.3, 0.4) is 0 Å². The molecule has 26 heavy (non-hydrogen) atoms. The highest BCUT2D eigenvalue weighted by Gasteiger charge is 2.29. The molecule has 0 aliphatic rings. The first-order valence-electron chi connectivity index (χ1n) is 8.15. The molecular formula is C19H18ClNO3S2. The van der Waals surface area contributed by atoms with Gasteiger partial charge in [-0.2, -0.15) is 4.98 Å². The van der Waals surface area contributed by atoms with Gasteiger partial charge in [0, 0.05) is 15.8 Å². The van der Waals surface area contributed by atoms with Gasteiger partial charge < -0.3 is 4.42 Å². The lowest BCUT2D eigenvalue weighted by Gasteiger charge is -2.07. The van der Waals surface area contributed by atoms with Crippen LogP contribution in [0.4, 0.5) is 0 Å². The van der Waals surface area contributed by atoms with E-state index in [1.54, 1.807) is 12.1 Å². The van der Waals surface area contributed by atoms with Crippen molar-refractivity contribution in [1.29, 1.82) is 0 Å². The second-order valence-corrected chi connectivity index (χ2v) is 9.48. The lowest BCUT2D eigenvalue weighted by Crippen LogP contribution is -2.04. The molecule has 1 unspecified atom stereocenters. The fourth-order valence-corrected chi connectivity index (χ4v) is 4.82. The lowest BCUT2D eigenvalue weighted by atomic mass is 10.2. The Morgan fingerprint density at radius 2 is 1.77 bits per heavy atom. The van der Waals surface area contributed by atoms with Crippen molar-refractivity contribution in [2.75, 3.05) is 0 Å². The lowest BCUT2D eigenvalue weighted by molar-refractivity contribution is 0.469. The van der Waals surface area contributed by atoms with Gasteiger partial charge in [-0.3, -0.25) is 0 Å². The molecule has 3 rings (SSSR count). The number of aromatic nitrogens is 1. The molecule has 0 fully saturated rings. The van der Waals surface area contributed by atoms with Crippen LogP contribution >= 0.6 is 23.4 Å². The molecular weight excluding hydrogens is 390 g/mol. The number of nitrogens with zero attached hydrogens (tertiary/aromatic N) is 1. The zero-order chi connectivity index (χ0) is 18.7. The zero-order valence-electron chi connectivity index (χ0n) is 14.3. The van der Waals surface area contributed by atoms with Gasteiger partial charge >= 0.3 is 0 Å². The molecule has 1 atom stereocenters. The van der Waals surface area contributed by atoms with E-state index >= 15 is 0 Å². The Morgan fingerprint density at radius 3 is 2.38 bits per heavy atom. The van der Waals surface area contributed by atoms with Crippen molar-refractivity contribution in [3.05, 3.63) is 59.6 Å². The predicted octanol–water partition coefficient (Wildman–Crippen LogP) is 5.72. The van der Waals surface area contributed by atoms with Crippen LogP contribution in [0.15, 0.2) is 74.0 Å². The highest BCUT2D eigenvalue weighted by molar-refractivity contribution is 8.00.